The average Bonchev–Trinajstić information content (AvgIpc) is 2.61. The molecule has 1 fully saturated rings. The minimum absolute atomic E-state index is 0.271. The first-order valence-corrected chi connectivity index (χ1v) is 5.40. The van der Waals surface area contributed by atoms with E-state index in [1.54, 1.807) is 0 Å². The lowest BCUT2D eigenvalue weighted by atomic mass is 10.2. The predicted octanol–water partition coefficient (Wildman–Crippen LogP) is -2.54. The van der Waals surface area contributed by atoms with Gasteiger partial charge in [-0.05, 0) is 6.92 Å². The summed E-state index contributed by atoms with van der Waals surface area (Å²) in [6.07, 6.45) is -3.52. The van der Waals surface area contributed by atoms with Gasteiger partial charge in [-0.1, -0.05) is 0 Å². The van der Waals surface area contributed by atoms with Crippen molar-refractivity contribution in [1.29, 1.82) is 0 Å². The molecule has 0 radical (unpaired) electrons. The minimum atomic E-state index is -1.36. The van der Waals surface area contributed by atoms with Crippen LogP contribution in [0.2, 0.25) is 0 Å². The Morgan fingerprint density at radius 1 is 1.39 bits per heavy atom. The van der Waals surface area contributed by atoms with E-state index in [4.69, 9.17) is 9.84 Å². The fraction of sp³-hybridized carbons (Fsp3) is 0.600. The van der Waals surface area contributed by atoms with Crippen molar-refractivity contribution in [3.63, 3.8) is 0 Å². The van der Waals surface area contributed by atoms with Gasteiger partial charge in [0, 0.05) is 11.8 Å². The van der Waals surface area contributed by atoms with E-state index in [1.165, 1.54) is 13.1 Å². The first kappa shape index (κ1) is 13.0. The maximum absolute atomic E-state index is 11.6. The van der Waals surface area contributed by atoms with Crippen LogP contribution in [-0.2, 0) is 4.74 Å². The molecule has 8 heteroatoms. The quantitative estimate of drug-likeness (QED) is 0.434. The van der Waals surface area contributed by atoms with Crippen molar-refractivity contribution >= 4 is 0 Å². The second-order valence-electron chi connectivity index (χ2n) is 4.21. The summed E-state index contributed by atoms with van der Waals surface area (Å²) in [5.41, 5.74) is -1.00. The highest BCUT2D eigenvalue weighted by atomic mass is 16.6. The molecule has 0 unspecified atom stereocenters. The van der Waals surface area contributed by atoms with Crippen LogP contribution in [0.3, 0.4) is 0 Å². The molecule has 8 nitrogen and oxygen atoms in total. The number of hydrogen-bond donors (Lipinski definition) is 4. The number of nitrogens with one attached hydrogen (secondary N) is 1. The molecule has 1 aliphatic rings. The van der Waals surface area contributed by atoms with E-state index in [9.17, 15) is 19.8 Å². The Morgan fingerprint density at radius 2 is 2.06 bits per heavy atom. The molecule has 1 aliphatic heterocycles. The third-order valence-electron chi connectivity index (χ3n) is 2.94. The summed E-state index contributed by atoms with van der Waals surface area (Å²) in [5.74, 6) is 0. The van der Waals surface area contributed by atoms with Gasteiger partial charge in [0.15, 0.2) is 6.23 Å². The third kappa shape index (κ3) is 1.99. The van der Waals surface area contributed by atoms with E-state index in [1.807, 2.05) is 0 Å². The number of aromatic amines is 1. The number of aliphatic hydroxyl groups excluding tert-OH is 3. The molecule has 4 N–H and O–H groups in total. The summed E-state index contributed by atoms with van der Waals surface area (Å²) in [4.78, 5) is 24.9. The highest BCUT2D eigenvalue weighted by Crippen LogP contribution is 2.27. The first-order valence-electron chi connectivity index (χ1n) is 5.40. The first-order chi connectivity index (χ1) is 8.45. The summed E-state index contributed by atoms with van der Waals surface area (Å²) in [6.45, 7) is 1.02. The Balaban J connectivity index is 2.42. The topological polar surface area (TPSA) is 125 Å². The van der Waals surface area contributed by atoms with Crippen molar-refractivity contribution in [1.82, 2.24) is 9.55 Å². The summed E-state index contributed by atoms with van der Waals surface area (Å²) in [5, 5.41) is 28.3. The second-order valence-corrected chi connectivity index (χ2v) is 4.21. The lowest BCUT2D eigenvalue weighted by molar-refractivity contribution is -0.0551. The molecule has 0 bridgehead atoms. The van der Waals surface area contributed by atoms with Crippen LogP contribution in [0.4, 0.5) is 0 Å². The Morgan fingerprint density at radius 3 is 2.61 bits per heavy atom. The van der Waals surface area contributed by atoms with E-state index >= 15 is 0 Å². The van der Waals surface area contributed by atoms with Crippen LogP contribution in [0, 0.1) is 6.92 Å². The van der Waals surface area contributed by atoms with Crippen LogP contribution >= 0.6 is 0 Å². The van der Waals surface area contributed by atoms with Crippen LogP contribution in [-0.4, -0.2) is 49.8 Å². The van der Waals surface area contributed by atoms with Gasteiger partial charge in [-0.3, -0.25) is 14.3 Å². The van der Waals surface area contributed by atoms with Crippen LogP contribution < -0.4 is 11.2 Å². The zero-order chi connectivity index (χ0) is 13.4. The number of ether oxygens (including phenoxy) is 1. The Labute approximate surface area is 101 Å². The number of nitrogens with zero attached hydrogens (tertiary/aromatic N) is 1. The lowest BCUT2D eigenvalue weighted by Gasteiger charge is -2.17. The molecule has 0 aliphatic carbocycles. The maximum Gasteiger partial charge on any atom is 0.330 e. The molecule has 100 valence electrons. The molecule has 2 heterocycles. The number of aromatic nitrogens is 2. The van der Waals surface area contributed by atoms with Crippen LogP contribution in [0.25, 0.3) is 0 Å². The Hall–Kier alpha value is -1.48. The maximum atomic E-state index is 11.6. The van der Waals surface area contributed by atoms with Gasteiger partial charge in [0.2, 0.25) is 0 Å². The molecule has 0 amide bonds. The van der Waals surface area contributed by atoms with Gasteiger partial charge < -0.3 is 20.1 Å². The molecule has 4 atom stereocenters. The molecule has 1 aromatic rings. The molecule has 1 saturated heterocycles. The SMILES string of the molecule is Cc1cn([C@@H]2O[C@H]([13CH2]O)[C@@H](O)[C@H]2O)c(=O)[nH]c1=O. The molecular weight excluding hydrogens is 245 g/mol. The average molecular weight is 259 g/mol. The third-order valence-corrected chi connectivity index (χ3v) is 2.94. The van der Waals surface area contributed by atoms with E-state index in [-0.39, 0.29) is 5.56 Å². The minimum Gasteiger partial charge on any atom is -0.394 e. The van der Waals surface area contributed by atoms with E-state index < -0.39 is 42.4 Å². The van der Waals surface area contributed by atoms with E-state index in [0.29, 0.717) is 0 Å². The van der Waals surface area contributed by atoms with Gasteiger partial charge in [-0.2, -0.15) is 0 Å². The second kappa shape index (κ2) is 4.65. The van der Waals surface area contributed by atoms with Gasteiger partial charge in [0.25, 0.3) is 5.56 Å². The molecule has 2 rings (SSSR count). The summed E-state index contributed by atoms with van der Waals surface area (Å²) in [6, 6.07) is 0. The molecule has 0 aromatic carbocycles. The number of aryl methyl sites for hydroxylation is 1. The summed E-state index contributed by atoms with van der Waals surface area (Å²) < 4.78 is 6.17. The van der Waals surface area contributed by atoms with Gasteiger partial charge in [-0.25, -0.2) is 4.79 Å². The number of rotatable bonds is 2. The molecule has 1 aromatic heterocycles. The summed E-state index contributed by atoms with van der Waals surface area (Å²) >= 11 is 0. The number of H-pyrrole nitrogens is 1. The molecule has 0 saturated carbocycles. The highest BCUT2D eigenvalue weighted by molar-refractivity contribution is 5.03. The van der Waals surface area contributed by atoms with Crippen LogP contribution in [0.5, 0.6) is 0 Å². The number of aliphatic hydroxyl groups is 3. The standard InChI is InChI=1S/C10H14N2O6/c1-4-2-12(10(17)11-8(4)16)9-7(15)6(14)5(3-13)18-9/h2,5-7,9,13-15H,3H2,1H3,(H,11,16,17)/t5-,6-,7-,9-/m1/s1/i3+1. The van der Waals surface area contributed by atoms with Gasteiger partial charge in [-0.15, -0.1) is 0 Å². The van der Waals surface area contributed by atoms with Gasteiger partial charge in [0.1, 0.15) is 18.3 Å². The zero-order valence-electron chi connectivity index (χ0n) is 9.61. The Kier molecular flexibility index (Phi) is 3.35. The Bertz CT molecular complexity index is 550. The lowest BCUT2D eigenvalue weighted by Crippen LogP contribution is -2.38. The van der Waals surface area contributed by atoms with E-state index in [0.717, 1.165) is 4.57 Å². The van der Waals surface area contributed by atoms with Gasteiger partial charge >= 0.3 is 5.69 Å². The smallest absolute Gasteiger partial charge is 0.330 e. The normalized spacial score (nSPS) is 31.8. The molecular formula is C10H14N2O6. The van der Waals surface area contributed by atoms with Gasteiger partial charge in [0.05, 0.1) is 6.61 Å². The van der Waals surface area contributed by atoms with Crippen molar-refractivity contribution in [2.24, 2.45) is 0 Å². The summed E-state index contributed by atoms with van der Waals surface area (Å²) in [7, 11) is 0. The van der Waals surface area contributed by atoms with Crippen molar-refractivity contribution in [2.45, 2.75) is 31.5 Å². The monoisotopic (exact) mass is 259 g/mol. The van der Waals surface area contributed by atoms with E-state index in [2.05, 4.69) is 4.98 Å². The molecule has 0 spiro atoms. The highest BCUT2D eigenvalue weighted by Gasteiger charge is 2.43. The fourth-order valence-electron chi connectivity index (χ4n) is 1.88. The van der Waals surface area contributed by atoms with Crippen molar-refractivity contribution < 1.29 is 20.1 Å². The van der Waals surface area contributed by atoms with Crippen molar-refractivity contribution in [3.8, 4) is 0 Å². The largest absolute Gasteiger partial charge is 0.394 e. The van der Waals surface area contributed by atoms with Crippen LogP contribution in [0.15, 0.2) is 15.8 Å². The molecule has 18 heavy (non-hydrogen) atoms. The van der Waals surface area contributed by atoms with Crippen molar-refractivity contribution in [2.75, 3.05) is 6.61 Å². The van der Waals surface area contributed by atoms with Crippen molar-refractivity contribution in [3.05, 3.63) is 32.6 Å². The number of hydrogen-bond acceptors (Lipinski definition) is 6. The zero-order valence-corrected chi connectivity index (χ0v) is 9.61. The fourth-order valence-corrected chi connectivity index (χ4v) is 1.88. The van der Waals surface area contributed by atoms with Crippen LogP contribution in [0.1, 0.15) is 11.8 Å². The predicted molar refractivity (Wildman–Crippen MR) is 59.1 cm³/mol.